The summed E-state index contributed by atoms with van der Waals surface area (Å²) in [6.07, 6.45) is 5.39. The fourth-order valence-corrected chi connectivity index (χ4v) is 2.47. The monoisotopic (exact) mass is 212 g/mol. The van der Waals surface area contributed by atoms with Gasteiger partial charge in [-0.2, -0.15) is 0 Å². The summed E-state index contributed by atoms with van der Waals surface area (Å²) in [5.74, 6) is 0.423. The van der Waals surface area contributed by atoms with E-state index in [2.05, 4.69) is 17.1 Å². The molecule has 0 aromatic carbocycles. The quantitative estimate of drug-likeness (QED) is 0.684. The van der Waals surface area contributed by atoms with Crippen molar-refractivity contribution < 1.29 is 5.11 Å². The highest BCUT2D eigenvalue weighted by atomic mass is 16.3. The van der Waals surface area contributed by atoms with Crippen LogP contribution in [0.1, 0.15) is 32.6 Å². The van der Waals surface area contributed by atoms with Gasteiger partial charge in [-0.25, -0.2) is 0 Å². The third kappa shape index (κ3) is 3.44. The molecule has 3 nitrogen and oxygen atoms in total. The molecule has 0 bridgehead atoms. The second-order valence-corrected chi connectivity index (χ2v) is 5.27. The van der Waals surface area contributed by atoms with E-state index in [1.165, 1.54) is 38.8 Å². The fourth-order valence-electron chi connectivity index (χ4n) is 2.47. The Kier molecular flexibility index (Phi) is 4.00. The average molecular weight is 212 g/mol. The summed E-state index contributed by atoms with van der Waals surface area (Å²) in [7, 11) is 0. The van der Waals surface area contributed by atoms with Crippen molar-refractivity contribution in [2.75, 3.05) is 26.2 Å². The average Bonchev–Trinajstić information content (AvgIpc) is 2.97. The Balaban J connectivity index is 1.77. The molecule has 0 amide bonds. The van der Waals surface area contributed by atoms with Crippen molar-refractivity contribution in [3.05, 3.63) is 0 Å². The van der Waals surface area contributed by atoms with Gasteiger partial charge in [0.05, 0.1) is 0 Å². The van der Waals surface area contributed by atoms with Gasteiger partial charge in [-0.1, -0.05) is 6.92 Å². The molecule has 2 rings (SSSR count). The Labute approximate surface area is 92.8 Å². The van der Waals surface area contributed by atoms with Gasteiger partial charge in [0.1, 0.15) is 0 Å². The maximum Gasteiger partial charge on any atom is 0.0468 e. The molecule has 2 fully saturated rings. The highest BCUT2D eigenvalue weighted by Crippen LogP contribution is 2.28. The molecule has 2 N–H and O–H groups in total. The molecule has 0 radical (unpaired) electrons. The molecule has 0 aromatic rings. The van der Waals surface area contributed by atoms with Gasteiger partial charge in [0.15, 0.2) is 0 Å². The molecule has 3 heteroatoms. The van der Waals surface area contributed by atoms with Gasteiger partial charge in [-0.05, 0) is 38.1 Å². The van der Waals surface area contributed by atoms with Crippen LogP contribution < -0.4 is 5.32 Å². The van der Waals surface area contributed by atoms with E-state index in [9.17, 15) is 0 Å². The summed E-state index contributed by atoms with van der Waals surface area (Å²) in [5, 5.41) is 12.7. The lowest BCUT2D eigenvalue weighted by Crippen LogP contribution is -2.41. The summed E-state index contributed by atoms with van der Waals surface area (Å²) in [5.41, 5.74) is 0. The van der Waals surface area contributed by atoms with E-state index in [4.69, 9.17) is 5.11 Å². The van der Waals surface area contributed by atoms with E-state index >= 15 is 0 Å². The molecule has 1 saturated heterocycles. The lowest BCUT2D eigenvalue weighted by molar-refractivity contribution is 0.159. The third-order valence-electron chi connectivity index (χ3n) is 3.54. The Bertz CT molecular complexity index is 188. The second-order valence-electron chi connectivity index (χ2n) is 5.27. The lowest BCUT2D eigenvalue weighted by Gasteiger charge is -2.27. The maximum absolute atomic E-state index is 9.10. The zero-order chi connectivity index (χ0) is 10.7. The van der Waals surface area contributed by atoms with Crippen LogP contribution in [-0.2, 0) is 0 Å². The van der Waals surface area contributed by atoms with E-state index in [1.54, 1.807) is 0 Å². The molecule has 1 heterocycles. The Hall–Kier alpha value is -0.120. The van der Waals surface area contributed by atoms with Crippen LogP contribution in [0.25, 0.3) is 0 Å². The van der Waals surface area contributed by atoms with Crippen LogP contribution in [0.5, 0.6) is 0 Å². The smallest absolute Gasteiger partial charge is 0.0468 e. The summed E-state index contributed by atoms with van der Waals surface area (Å²) in [6.45, 7) is 5.91. The predicted molar refractivity (Wildman–Crippen MR) is 61.9 cm³/mol. The first-order valence-corrected chi connectivity index (χ1v) is 6.38. The van der Waals surface area contributed by atoms with Crippen molar-refractivity contribution in [1.29, 1.82) is 0 Å². The van der Waals surface area contributed by atoms with Gasteiger partial charge in [0.2, 0.25) is 0 Å². The molecule has 2 unspecified atom stereocenters. The number of nitrogens with one attached hydrogen (secondary N) is 1. The van der Waals surface area contributed by atoms with Gasteiger partial charge in [-0.3, -0.25) is 4.90 Å². The fraction of sp³-hybridized carbons (Fsp3) is 1.00. The van der Waals surface area contributed by atoms with Gasteiger partial charge in [-0.15, -0.1) is 0 Å². The molecule has 1 aliphatic carbocycles. The Morgan fingerprint density at radius 2 is 2.20 bits per heavy atom. The van der Waals surface area contributed by atoms with E-state index in [1.807, 2.05) is 0 Å². The van der Waals surface area contributed by atoms with Gasteiger partial charge in [0, 0.05) is 31.8 Å². The van der Waals surface area contributed by atoms with E-state index < -0.39 is 0 Å². The van der Waals surface area contributed by atoms with Crippen LogP contribution >= 0.6 is 0 Å². The minimum absolute atomic E-state index is 0.321. The van der Waals surface area contributed by atoms with Crippen molar-refractivity contribution in [3.8, 4) is 0 Å². The Morgan fingerprint density at radius 1 is 1.40 bits per heavy atom. The van der Waals surface area contributed by atoms with Crippen LogP contribution in [0.4, 0.5) is 0 Å². The zero-order valence-electron chi connectivity index (χ0n) is 9.78. The number of hydrogen-bond acceptors (Lipinski definition) is 3. The number of aliphatic hydroxyl groups is 1. The van der Waals surface area contributed by atoms with E-state index in [-0.39, 0.29) is 0 Å². The minimum Gasteiger partial charge on any atom is -0.396 e. The van der Waals surface area contributed by atoms with Crippen LogP contribution in [0.3, 0.4) is 0 Å². The minimum atomic E-state index is 0.321. The van der Waals surface area contributed by atoms with Gasteiger partial charge >= 0.3 is 0 Å². The largest absolute Gasteiger partial charge is 0.396 e. The molecule has 1 aliphatic heterocycles. The molecule has 88 valence electrons. The number of hydrogen-bond donors (Lipinski definition) is 2. The SMILES string of the molecule is CC(CO)CN(CC1CCCN1)C1CC1. The molecule has 2 atom stereocenters. The first kappa shape index (κ1) is 11.4. The molecule has 2 aliphatic rings. The first-order chi connectivity index (χ1) is 7.29. The Morgan fingerprint density at radius 3 is 2.73 bits per heavy atom. The highest BCUT2D eigenvalue weighted by molar-refractivity contribution is 4.88. The predicted octanol–water partition coefficient (Wildman–Crippen LogP) is 0.831. The molecular weight excluding hydrogens is 188 g/mol. The first-order valence-electron chi connectivity index (χ1n) is 6.38. The molecule has 0 spiro atoms. The third-order valence-corrected chi connectivity index (χ3v) is 3.54. The van der Waals surface area contributed by atoms with Crippen LogP contribution in [-0.4, -0.2) is 48.3 Å². The summed E-state index contributed by atoms with van der Waals surface area (Å²) in [6, 6.07) is 1.53. The topological polar surface area (TPSA) is 35.5 Å². The standard InChI is InChI=1S/C12H24N2O/c1-10(9-15)7-14(12-4-5-12)8-11-3-2-6-13-11/h10-13,15H,2-9H2,1H3. The van der Waals surface area contributed by atoms with Crippen LogP contribution in [0.2, 0.25) is 0 Å². The van der Waals surface area contributed by atoms with Gasteiger partial charge < -0.3 is 10.4 Å². The van der Waals surface area contributed by atoms with Gasteiger partial charge in [0.25, 0.3) is 0 Å². The molecule has 0 aromatic heterocycles. The molecule has 1 saturated carbocycles. The van der Waals surface area contributed by atoms with E-state index in [0.717, 1.165) is 12.6 Å². The lowest BCUT2D eigenvalue weighted by atomic mass is 10.1. The van der Waals surface area contributed by atoms with Crippen molar-refractivity contribution in [1.82, 2.24) is 10.2 Å². The summed E-state index contributed by atoms with van der Waals surface area (Å²) in [4.78, 5) is 2.59. The summed E-state index contributed by atoms with van der Waals surface area (Å²) >= 11 is 0. The normalized spacial score (nSPS) is 28.6. The summed E-state index contributed by atoms with van der Waals surface area (Å²) < 4.78 is 0. The molecule has 15 heavy (non-hydrogen) atoms. The van der Waals surface area contributed by atoms with Crippen molar-refractivity contribution in [2.24, 2.45) is 5.92 Å². The second kappa shape index (κ2) is 5.28. The number of rotatable bonds is 6. The highest BCUT2D eigenvalue weighted by Gasteiger charge is 2.31. The van der Waals surface area contributed by atoms with Crippen molar-refractivity contribution >= 4 is 0 Å². The maximum atomic E-state index is 9.10. The van der Waals surface area contributed by atoms with Crippen molar-refractivity contribution in [2.45, 2.75) is 44.7 Å². The van der Waals surface area contributed by atoms with Crippen molar-refractivity contribution in [3.63, 3.8) is 0 Å². The van der Waals surface area contributed by atoms with Crippen LogP contribution in [0.15, 0.2) is 0 Å². The molecular formula is C12H24N2O. The number of aliphatic hydroxyl groups excluding tert-OH is 1. The zero-order valence-corrected chi connectivity index (χ0v) is 9.78. The number of nitrogens with zero attached hydrogens (tertiary/aromatic N) is 1. The van der Waals surface area contributed by atoms with E-state index in [0.29, 0.717) is 18.6 Å². The van der Waals surface area contributed by atoms with Crippen LogP contribution in [0, 0.1) is 5.92 Å².